The number of hydrogen-bond donors (Lipinski definition) is 1. The number of aliphatic imine (C=N–C) groups is 1. The van der Waals surface area contributed by atoms with Crippen molar-refractivity contribution < 1.29 is 14.3 Å². The van der Waals surface area contributed by atoms with Crippen LogP contribution in [0.3, 0.4) is 0 Å². The van der Waals surface area contributed by atoms with Gasteiger partial charge in [0, 0.05) is 16.9 Å². The van der Waals surface area contributed by atoms with E-state index in [1.807, 2.05) is 37.3 Å². The Kier molecular flexibility index (Phi) is 7.33. The molecule has 0 atom stereocenters. The zero-order chi connectivity index (χ0) is 21.5. The van der Waals surface area contributed by atoms with Crippen molar-refractivity contribution in [1.29, 1.82) is 0 Å². The first-order valence-corrected chi connectivity index (χ1v) is 9.87. The Morgan fingerprint density at radius 3 is 2.53 bits per heavy atom. The minimum Gasteiger partial charge on any atom is -0.493 e. The van der Waals surface area contributed by atoms with Crippen LogP contribution >= 0.6 is 23.2 Å². The molecule has 154 valence electrons. The maximum absolute atomic E-state index is 12.1. The maximum atomic E-state index is 12.1. The average Bonchev–Trinajstić information content (AvgIpc) is 2.74. The van der Waals surface area contributed by atoms with E-state index in [4.69, 9.17) is 32.7 Å². The molecule has 3 rings (SSSR count). The van der Waals surface area contributed by atoms with Gasteiger partial charge in [-0.1, -0.05) is 47.5 Å². The molecular formula is C23H20Cl2N2O3. The van der Waals surface area contributed by atoms with Crippen molar-refractivity contribution in [3.05, 3.63) is 81.8 Å². The van der Waals surface area contributed by atoms with Crippen LogP contribution in [0.2, 0.25) is 10.0 Å². The number of ether oxygens (including phenoxy) is 2. The van der Waals surface area contributed by atoms with Gasteiger partial charge in [0.05, 0.1) is 17.8 Å². The zero-order valence-electron chi connectivity index (χ0n) is 16.5. The van der Waals surface area contributed by atoms with Gasteiger partial charge in [-0.15, -0.1) is 0 Å². The highest BCUT2D eigenvalue weighted by Crippen LogP contribution is 2.36. The molecule has 0 bridgehead atoms. The molecule has 3 aromatic rings. The third-order valence-corrected chi connectivity index (χ3v) is 4.86. The topological polar surface area (TPSA) is 59.9 Å². The molecular weight excluding hydrogens is 423 g/mol. The molecule has 0 spiro atoms. The van der Waals surface area contributed by atoms with E-state index in [-0.39, 0.29) is 18.3 Å². The minimum absolute atomic E-state index is 0.208. The summed E-state index contributed by atoms with van der Waals surface area (Å²) in [5.74, 6) is 0.387. The van der Waals surface area contributed by atoms with Crippen molar-refractivity contribution in [2.45, 2.75) is 6.92 Å². The average molecular weight is 443 g/mol. The molecule has 5 nitrogen and oxygen atoms in total. The Labute approximate surface area is 185 Å². The molecule has 0 aromatic heterocycles. The van der Waals surface area contributed by atoms with Gasteiger partial charge in [0.1, 0.15) is 0 Å². The highest BCUT2D eigenvalue weighted by Gasteiger charge is 2.13. The molecule has 0 fully saturated rings. The van der Waals surface area contributed by atoms with Crippen LogP contribution in [0.15, 0.2) is 65.7 Å². The number of para-hydroxylation sites is 1. The summed E-state index contributed by atoms with van der Waals surface area (Å²) in [6, 6.07) is 18.1. The molecule has 0 saturated carbocycles. The van der Waals surface area contributed by atoms with Crippen LogP contribution in [0.5, 0.6) is 11.5 Å². The predicted molar refractivity (Wildman–Crippen MR) is 122 cm³/mol. The first-order chi connectivity index (χ1) is 14.5. The number of aryl methyl sites for hydroxylation is 1. The van der Waals surface area contributed by atoms with E-state index in [0.717, 1.165) is 16.8 Å². The molecule has 0 unspecified atom stereocenters. The second-order valence-corrected chi connectivity index (χ2v) is 7.24. The number of amides is 1. The largest absolute Gasteiger partial charge is 0.493 e. The summed E-state index contributed by atoms with van der Waals surface area (Å²) in [7, 11) is 1.50. The summed E-state index contributed by atoms with van der Waals surface area (Å²) in [5, 5.41) is 3.71. The fourth-order valence-electron chi connectivity index (χ4n) is 2.62. The van der Waals surface area contributed by atoms with Crippen molar-refractivity contribution >= 4 is 46.7 Å². The normalized spacial score (nSPS) is 10.8. The Balaban J connectivity index is 1.71. The van der Waals surface area contributed by atoms with E-state index >= 15 is 0 Å². The SMILES string of the molecule is COc1cc(C=Nc2ccc(C)c(Cl)c2)cc(Cl)c1OCC(=O)Nc1ccccc1. The van der Waals surface area contributed by atoms with Gasteiger partial charge >= 0.3 is 0 Å². The monoisotopic (exact) mass is 442 g/mol. The van der Waals surface area contributed by atoms with Crippen molar-refractivity contribution in [3.63, 3.8) is 0 Å². The van der Waals surface area contributed by atoms with Crippen LogP contribution in [0, 0.1) is 6.92 Å². The standard InChI is InChI=1S/C23H20Cl2N2O3/c1-15-8-9-18(12-19(15)24)26-13-16-10-20(25)23(21(11-16)29-2)30-14-22(28)27-17-6-4-3-5-7-17/h3-13H,14H2,1-2H3,(H,27,28). The molecule has 7 heteroatoms. The van der Waals surface area contributed by atoms with Gasteiger partial charge in [-0.2, -0.15) is 0 Å². The highest BCUT2D eigenvalue weighted by molar-refractivity contribution is 6.32. The summed E-state index contributed by atoms with van der Waals surface area (Å²) >= 11 is 12.5. The number of carbonyl (C=O) groups is 1. The van der Waals surface area contributed by atoms with Crippen LogP contribution in [0.1, 0.15) is 11.1 Å². The third-order valence-electron chi connectivity index (χ3n) is 4.18. The third kappa shape index (κ3) is 5.75. The number of hydrogen-bond acceptors (Lipinski definition) is 4. The Morgan fingerprint density at radius 2 is 1.83 bits per heavy atom. The highest BCUT2D eigenvalue weighted by atomic mass is 35.5. The second-order valence-electron chi connectivity index (χ2n) is 6.43. The van der Waals surface area contributed by atoms with Crippen LogP contribution in [-0.2, 0) is 4.79 Å². The van der Waals surface area contributed by atoms with Gasteiger partial charge in [0.15, 0.2) is 18.1 Å². The van der Waals surface area contributed by atoms with E-state index in [2.05, 4.69) is 10.3 Å². The number of benzene rings is 3. The Hall–Kier alpha value is -3.02. The van der Waals surface area contributed by atoms with Crippen LogP contribution in [0.4, 0.5) is 11.4 Å². The molecule has 1 N–H and O–H groups in total. The van der Waals surface area contributed by atoms with E-state index < -0.39 is 0 Å². The number of methoxy groups -OCH3 is 1. The molecule has 0 saturated heterocycles. The summed E-state index contributed by atoms with van der Waals surface area (Å²) in [5.41, 5.74) is 3.11. The van der Waals surface area contributed by atoms with Crippen LogP contribution in [-0.4, -0.2) is 25.8 Å². The first-order valence-electron chi connectivity index (χ1n) is 9.11. The maximum Gasteiger partial charge on any atom is 0.262 e. The molecule has 0 heterocycles. The predicted octanol–water partition coefficient (Wildman–Crippen LogP) is 6.08. The number of nitrogens with zero attached hydrogens (tertiary/aromatic N) is 1. The van der Waals surface area contributed by atoms with E-state index in [1.54, 1.807) is 36.5 Å². The summed E-state index contributed by atoms with van der Waals surface area (Å²) in [6.45, 7) is 1.72. The molecule has 0 aliphatic carbocycles. The van der Waals surface area contributed by atoms with Gasteiger partial charge in [-0.3, -0.25) is 9.79 Å². The second kappa shape index (κ2) is 10.1. The lowest BCUT2D eigenvalue weighted by atomic mass is 10.2. The number of halogens is 2. The molecule has 0 aliphatic heterocycles. The van der Waals surface area contributed by atoms with Crippen molar-refractivity contribution in [3.8, 4) is 11.5 Å². The number of anilines is 1. The van der Waals surface area contributed by atoms with Crippen LogP contribution in [0.25, 0.3) is 0 Å². The smallest absolute Gasteiger partial charge is 0.262 e. The van der Waals surface area contributed by atoms with Gasteiger partial charge in [0.2, 0.25) is 0 Å². The summed E-state index contributed by atoms with van der Waals surface area (Å²) < 4.78 is 11.0. The summed E-state index contributed by atoms with van der Waals surface area (Å²) in [4.78, 5) is 16.5. The lowest BCUT2D eigenvalue weighted by Crippen LogP contribution is -2.20. The molecule has 0 aliphatic rings. The van der Waals surface area contributed by atoms with Crippen molar-refractivity contribution in [2.24, 2.45) is 4.99 Å². The van der Waals surface area contributed by atoms with Gasteiger partial charge < -0.3 is 14.8 Å². The Bertz CT molecular complexity index is 1070. The van der Waals surface area contributed by atoms with Crippen molar-refractivity contribution in [2.75, 3.05) is 19.0 Å². The Morgan fingerprint density at radius 1 is 1.07 bits per heavy atom. The number of rotatable bonds is 7. The lowest BCUT2D eigenvalue weighted by molar-refractivity contribution is -0.118. The first kappa shape index (κ1) is 21.7. The fraction of sp³-hybridized carbons (Fsp3) is 0.130. The molecule has 0 radical (unpaired) electrons. The van der Waals surface area contributed by atoms with Crippen LogP contribution < -0.4 is 14.8 Å². The quantitative estimate of drug-likeness (QED) is 0.451. The number of carbonyl (C=O) groups excluding carboxylic acids is 1. The summed E-state index contributed by atoms with van der Waals surface area (Å²) in [6.07, 6.45) is 1.65. The van der Waals surface area contributed by atoms with E-state index in [0.29, 0.717) is 21.5 Å². The van der Waals surface area contributed by atoms with Gasteiger partial charge in [0.25, 0.3) is 5.91 Å². The van der Waals surface area contributed by atoms with Gasteiger partial charge in [-0.05, 0) is 54.4 Å². The van der Waals surface area contributed by atoms with E-state index in [1.165, 1.54) is 7.11 Å². The zero-order valence-corrected chi connectivity index (χ0v) is 18.0. The molecule has 30 heavy (non-hydrogen) atoms. The van der Waals surface area contributed by atoms with Crippen molar-refractivity contribution in [1.82, 2.24) is 0 Å². The van der Waals surface area contributed by atoms with Gasteiger partial charge in [-0.25, -0.2) is 0 Å². The molecule has 3 aromatic carbocycles. The fourth-order valence-corrected chi connectivity index (χ4v) is 3.07. The molecule has 1 amide bonds. The number of nitrogens with one attached hydrogen (secondary N) is 1. The lowest BCUT2D eigenvalue weighted by Gasteiger charge is -2.13. The minimum atomic E-state index is -0.304. The van der Waals surface area contributed by atoms with E-state index in [9.17, 15) is 4.79 Å².